The van der Waals surface area contributed by atoms with Crippen LogP contribution in [0.2, 0.25) is 0 Å². The molecule has 2 N–H and O–H groups in total. The van der Waals surface area contributed by atoms with Gasteiger partial charge in [0.25, 0.3) is 0 Å². The maximum absolute atomic E-state index is 12.1. The van der Waals surface area contributed by atoms with Gasteiger partial charge >= 0.3 is 0 Å². The third kappa shape index (κ3) is 5.40. The van der Waals surface area contributed by atoms with Crippen LogP contribution in [0.5, 0.6) is 11.5 Å². The van der Waals surface area contributed by atoms with Gasteiger partial charge in [-0.05, 0) is 26.0 Å². The van der Waals surface area contributed by atoms with Crippen molar-refractivity contribution in [3.63, 3.8) is 0 Å². The van der Waals surface area contributed by atoms with Crippen molar-refractivity contribution in [3.05, 3.63) is 36.1 Å². The van der Waals surface area contributed by atoms with Crippen LogP contribution >= 0.6 is 11.8 Å². The maximum Gasteiger partial charge on any atom is 0.238 e. The maximum atomic E-state index is 12.1. The van der Waals surface area contributed by atoms with E-state index >= 15 is 0 Å². The molecule has 0 bridgehead atoms. The van der Waals surface area contributed by atoms with E-state index in [1.54, 1.807) is 19.9 Å². The lowest BCUT2D eigenvalue weighted by atomic mass is 10.2. The molecule has 2 atom stereocenters. The summed E-state index contributed by atoms with van der Waals surface area (Å²) >= 11 is 1.24. The number of anilines is 1. The molecular formula is C18H21N3O5S. The minimum Gasteiger partial charge on any atom is -0.486 e. The predicted molar refractivity (Wildman–Crippen MR) is 101 cm³/mol. The van der Waals surface area contributed by atoms with Gasteiger partial charge < -0.3 is 24.6 Å². The van der Waals surface area contributed by atoms with Crippen molar-refractivity contribution in [2.45, 2.75) is 25.2 Å². The molecule has 2 heterocycles. The summed E-state index contributed by atoms with van der Waals surface area (Å²) in [5, 5.41) is 8.75. The Morgan fingerprint density at radius 2 is 2.11 bits per heavy atom. The Bertz CT molecular complexity index is 810. The van der Waals surface area contributed by atoms with Gasteiger partial charge in [-0.2, -0.15) is 0 Å². The summed E-state index contributed by atoms with van der Waals surface area (Å²) in [7, 11) is 0. The van der Waals surface area contributed by atoms with Crippen molar-refractivity contribution in [1.82, 2.24) is 10.5 Å². The summed E-state index contributed by atoms with van der Waals surface area (Å²) in [6, 6.07) is 9.05. The Labute approximate surface area is 161 Å². The minimum absolute atomic E-state index is 0.163. The van der Waals surface area contributed by atoms with Crippen molar-refractivity contribution in [3.8, 4) is 11.5 Å². The molecule has 0 saturated carbocycles. The number of nitrogens with one attached hydrogen (secondary N) is 2. The molecule has 2 amide bonds. The number of hydrogen-bond acceptors (Lipinski definition) is 7. The van der Waals surface area contributed by atoms with Crippen LogP contribution in [0, 0.1) is 6.92 Å². The molecule has 0 radical (unpaired) electrons. The average molecular weight is 391 g/mol. The number of aryl methyl sites for hydroxylation is 1. The number of fused-ring (bicyclic) bond motifs is 1. The minimum atomic E-state index is -0.408. The molecule has 2 unspecified atom stereocenters. The fraction of sp³-hybridized carbons (Fsp3) is 0.389. The number of ether oxygens (including phenoxy) is 2. The Morgan fingerprint density at radius 1 is 1.33 bits per heavy atom. The average Bonchev–Trinajstić information content (AvgIpc) is 3.08. The topological polar surface area (TPSA) is 103 Å². The van der Waals surface area contributed by atoms with Gasteiger partial charge in [-0.25, -0.2) is 0 Å². The van der Waals surface area contributed by atoms with Gasteiger partial charge in [-0.3, -0.25) is 9.59 Å². The van der Waals surface area contributed by atoms with Gasteiger partial charge in [0.1, 0.15) is 18.5 Å². The normalized spacial score (nSPS) is 16.4. The Balaban J connectivity index is 1.36. The highest BCUT2D eigenvalue weighted by Gasteiger charge is 2.22. The predicted octanol–water partition coefficient (Wildman–Crippen LogP) is 2.00. The fourth-order valence-electron chi connectivity index (χ4n) is 2.37. The number of thioether (sulfide) groups is 1. The molecule has 8 nitrogen and oxygen atoms in total. The molecule has 1 aliphatic heterocycles. The van der Waals surface area contributed by atoms with E-state index < -0.39 is 5.25 Å². The summed E-state index contributed by atoms with van der Waals surface area (Å²) < 4.78 is 16.3. The SMILES string of the molecule is Cc1cc(NC(=O)C(C)SCC(=O)NCC2COc3ccccc3O2)no1. The van der Waals surface area contributed by atoms with E-state index in [0.29, 0.717) is 36.2 Å². The standard InChI is InChI=1S/C18H21N3O5S/c1-11-7-16(21-26-11)20-18(23)12(2)27-10-17(22)19-8-13-9-24-14-5-3-4-6-15(14)25-13/h3-7,12-13H,8-10H2,1-2H3,(H,19,22)(H,20,21,23). The smallest absolute Gasteiger partial charge is 0.238 e. The first-order chi connectivity index (χ1) is 13.0. The van der Waals surface area contributed by atoms with E-state index in [1.807, 2.05) is 24.3 Å². The molecule has 3 rings (SSSR count). The first-order valence-electron chi connectivity index (χ1n) is 8.52. The van der Waals surface area contributed by atoms with Gasteiger partial charge in [0.2, 0.25) is 11.8 Å². The van der Waals surface area contributed by atoms with E-state index in [9.17, 15) is 9.59 Å². The number of hydrogen-bond donors (Lipinski definition) is 2. The summed E-state index contributed by atoms with van der Waals surface area (Å²) in [6.45, 7) is 4.19. The molecule has 0 spiro atoms. The monoisotopic (exact) mass is 391 g/mol. The molecule has 1 aromatic heterocycles. The van der Waals surface area contributed by atoms with Gasteiger partial charge in [0.15, 0.2) is 17.3 Å². The highest BCUT2D eigenvalue weighted by atomic mass is 32.2. The lowest BCUT2D eigenvalue weighted by Gasteiger charge is -2.26. The van der Waals surface area contributed by atoms with E-state index in [2.05, 4.69) is 15.8 Å². The lowest BCUT2D eigenvalue weighted by molar-refractivity contribution is -0.119. The fourth-order valence-corrected chi connectivity index (χ4v) is 3.09. The zero-order valence-corrected chi connectivity index (χ0v) is 15.9. The van der Waals surface area contributed by atoms with Crippen LogP contribution < -0.4 is 20.1 Å². The molecule has 9 heteroatoms. The third-order valence-corrected chi connectivity index (χ3v) is 4.95. The van der Waals surface area contributed by atoms with E-state index in [-0.39, 0.29) is 23.7 Å². The second-order valence-corrected chi connectivity index (χ2v) is 7.40. The number of aromatic nitrogens is 1. The first kappa shape index (κ1) is 19.1. The second-order valence-electron chi connectivity index (χ2n) is 6.07. The van der Waals surface area contributed by atoms with Crippen LogP contribution in [-0.2, 0) is 9.59 Å². The van der Waals surface area contributed by atoms with E-state index in [1.165, 1.54) is 11.8 Å². The second kappa shape index (κ2) is 8.81. The molecule has 27 heavy (non-hydrogen) atoms. The van der Waals surface area contributed by atoms with Crippen LogP contribution in [-0.4, -0.2) is 47.2 Å². The van der Waals surface area contributed by atoms with Crippen molar-refractivity contribution in [2.75, 3.05) is 24.2 Å². The number of amides is 2. The molecule has 1 aromatic carbocycles. The molecule has 0 fully saturated rings. The lowest BCUT2D eigenvalue weighted by Crippen LogP contribution is -2.41. The third-order valence-electron chi connectivity index (χ3n) is 3.81. The zero-order chi connectivity index (χ0) is 19.2. The molecule has 144 valence electrons. The van der Waals surface area contributed by atoms with Crippen molar-refractivity contribution < 1.29 is 23.6 Å². The number of para-hydroxylation sites is 2. The molecule has 1 aliphatic rings. The summed E-state index contributed by atoms with van der Waals surface area (Å²) in [4.78, 5) is 24.1. The van der Waals surface area contributed by atoms with Gasteiger partial charge in [-0.15, -0.1) is 11.8 Å². The highest BCUT2D eigenvalue weighted by Crippen LogP contribution is 2.30. The van der Waals surface area contributed by atoms with Crippen molar-refractivity contribution in [1.29, 1.82) is 0 Å². The Hall–Kier alpha value is -2.68. The summed E-state index contributed by atoms with van der Waals surface area (Å²) in [6.07, 6.45) is -0.245. The largest absolute Gasteiger partial charge is 0.486 e. The zero-order valence-electron chi connectivity index (χ0n) is 15.1. The highest BCUT2D eigenvalue weighted by molar-refractivity contribution is 8.01. The van der Waals surface area contributed by atoms with Gasteiger partial charge in [-0.1, -0.05) is 17.3 Å². The Morgan fingerprint density at radius 3 is 2.85 bits per heavy atom. The van der Waals surface area contributed by atoms with Crippen LogP contribution in [0.3, 0.4) is 0 Å². The van der Waals surface area contributed by atoms with Crippen molar-refractivity contribution >= 4 is 29.4 Å². The quantitative estimate of drug-likeness (QED) is 0.744. The van der Waals surface area contributed by atoms with Gasteiger partial charge in [0, 0.05) is 6.07 Å². The first-order valence-corrected chi connectivity index (χ1v) is 9.57. The molecule has 2 aromatic rings. The van der Waals surface area contributed by atoms with E-state index in [0.717, 1.165) is 0 Å². The summed E-state index contributed by atoms with van der Waals surface area (Å²) in [5.74, 6) is 2.12. The Kier molecular flexibility index (Phi) is 6.23. The van der Waals surface area contributed by atoms with E-state index in [4.69, 9.17) is 14.0 Å². The van der Waals surface area contributed by atoms with Crippen molar-refractivity contribution in [2.24, 2.45) is 0 Å². The molecule has 0 saturated heterocycles. The molecule has 0 aliphatic carbocycles. The van der Waals surface area contributed by atoms with Crippen LogP contribution in [0.4, 0.5) is 5.82 Å². The number of rotatable bonds is 7. The number of carbonyl (C=O) groups is 2. The summed E-state index contributed by atoms with van der Waals surface area (Å²) in [5.41, 5.74) is 0. The van der Waals surface area contributed by atoms with Crippen LogP contribution in [0.15, 0.2) is 34.9 Å². The van der Waals surface area contributed by atoms with Gasteiger partial charge in [0.05, 0.1) is 17.5 Å². The number of carbonyl (C=O) groups excluding carboxylic acids is 2. The molecular weight excluding hydrogens is 370 g/mol. The number of nitrogens with zero attached hydrogens (tertiary/aromatic N) is 1. The van der Waals surface area contributed by atoms with Crippen LogP contribution in [0.1, 0.15) is 12.7 Å². The van der Waals surface area contributed by atoms with Crippen LogP contribution in [0.25, 0.3) is 0 Å². The number of benzene rings is 1.